The van der Waals surface area contributed by atoms with Gasteiger partial charge >= 0.3 is 0 Å². The zero-order valence-electron chi connectivity index (χ0n) is 61.7. The van der Waals surface area contributed by atoms with E-state index >= 15 is 0 Å². The van der Waals surface area contributed by atoms with E-state index in [1.165, 1.54) is 0 Å². The third kappa shape index (κ3) is 15.7. The standard InChI is InChI=1S/C30H27N9O3.C30H26N6O3.C22H19N9O2/c1-41-22-13-6-18(7-14-22)17-39-29-26(33-38-39)30(40)32-28(31-29)24-15-12-21(16-25(24)42-23-4-2-3-5-23)19-8-10-20(11-9-19)27-34-36-37-35-27;1-31-22-12-9-20(10-13-22)21-11-16-25(26(17-21)39-24-5-3-4-6-24)28-32-29-27(30(37)33-28)34-35-36(29)18-19-7-14-23(38-2)15-8-19;32-22-18-21(28-29-25-18)23-20(24-22)16-10-9-14(11-17(16)33-15-3-1-2-4-15)12-5-7-13(8-6-12)19-26-30-31-27-19/h6-16,23H,2-5,17H2,1H3,(H,31,32,40)(H,34,35,36,37);7-17,24H,3-6,18H2,2H3,(H,32,33,37);5-11,15H,1-4H2,(H,26,27,30,31)(H2,23,24,25,28,29,32). The van der Waals surface area contributed by atoms with Gasteiger partial charge < -0.3 is 38.6 Å². The van der Waals surface area contributed by atoms with Crippen LogP contribution in [0.3, 0.4) is 0 Å². The van der Waals surface area contributed by atoms with Gasteiger partial charge in [0, 0.05) is 11.1 Å². The molecule has 19 rings (SSSR count). The quantitative estimate of drug-likeness (QED) is 0.0386. The molecule has 32 nitrogen and oxygen atoms in total. The second kappa shape index (κ2) is 32.4. The van der Waals surface area contributed by atoms with Crippen molar-refractivity contribution in [2.24, 2.45) is 0 Å². The van der Waals surface area contributed by atoms with Crippen LogP contribution in [0.2, 0.25) is 0 Å². The van der Waals surface area contributed by atoms with Crippen molar-refractivity contribution in [1.82, 2.24) is 117 Å². The minimum atomic E-state index is -0.360. The molecule has 8 aromatic carbocycles. The summed E-state index contributed by atoms with van der Waals surface area (Å²) in [4.78, 5) is 64.8. The molecule has 16 aromatic rings. The van der Waals surface area contributed by atoms with E-state index in [4.69, 9.17) is 40.2 Å². The molecule has 0 bridgehead atoms. The molecule has 3 fully saturated rings. The van der Waals surface area contributed by atoms with Crippen molar-refractivity contribution in [3.05, 3.63) is 230 Å². The summed E-state index contributed by atoms with van der Waals surface area (Å²) in [6, 6.07) is 56.3. The molecule has 3 aliphatic carbocycles. The monoisotopic (exact) mass is 1520 g/mol. The average Bonchev–Trinajstić information content (AvgIpc) is 1.02. The fraction of sp³-hybridized carbons (Fsp3) is 0.232. The molecule has 0 radical (unpaired) electrons. The lowest BCUT2D eigenvalue weighted by atomic mass is 10.0. The maximum Gasteiger partial charge on any atom is 0.281 e. The summed E-state index contributed by atoms with van der Waals surface area (Å²) >= 11 is 0. The maximum absolute atomic E-state index is 13.1. The van der Waals surface area contributed by atoms with Crippen LogP contribution in [0.25, 0.3) is 129 Å². The Hall–Kier alpha value is -14.8. The lowest BCUT2D eigenvalue weighted by Crippen LogP contribution is -2.14. The lowest BCUT2D eigenvalue weighted by Gasteiger charge is -2.18. The van der Waals surface area contributed by atoms with E-state index in [0.29, 0.717) is 93.1 Å². The molecule has 0 atom stereocenters. The van der Waals surface area contributed by atoms with Crippen LogP contribution >= 0.6 is 0 Å². The number of fused-ring (bicyclic) bond motifs is 3. The van der Waals surface area contributed by atoms with E-state index in [2.05, 4.69) is 102 Å². The summed E-state index contributed by atoms with van der Waals surface area (Å²) in [5, 5.41) is 55.2. The van der Waals surface area contributed by atoms with Gasteiger partial charge in [0.05, 0.1) is 68.9 Å². The summed E-state index contributed by atoms with van der Waals surface area (Å²) in [7, 11) is 3.25. The highest BCUT2D eigenvalue weighted by molar-refractivity contribution is 5.81. The van der Waals surface area contributed by atoms with E-state index in [9.17, 15) is 14.4 Å². The van der Waals surface area contributed by atoms with Gasteiger partial charge in [-0.25, -0.2) is 29.2 Å². The first-order chi connectivity index (χ1) is 56.0. The molecule has 8 aromatic heterocycles. The molecule has 0 spiro atoms. The van der Waals surface area contributed by atoms with Gasteiger partial charge in [-0.15, -0.1) is 40.8 Å². The van der Waals surface area contributed by atoms with Crippen molar-refractivity contribution in [2.75, 3.05) is 14.2 Å². The first-order valence-electron chi connectivity index (χ1n) is 37.3. The van der Waals surface area contributed by atoms with Crippen molar-refractivity contribution in [1.29, 1.82) is 0 Å². The summed E-state index contributed by atoms with van der Waals surface area (Å²) in [6.07, 6.45) is 13.2. The number of methoxy groups -OCH3 is 2. The minimum Gasteiger partial charge on any atom is -0.497 e. The Balaban J connectivity index is 0.000000124. The molecule has 0 saturated heterocycles. The van der Waals surface area contributed by atoms with Crippen molar-refractivity contribution >= 4 is 39.2 Å². The van der Waals surface area contributed by atoms with Crippen LogP contribution in [-0.2, 0) is 13.1 Å². The molecule has 568 valence electrons. The number of hydrogen-bond donors (Lipinski definition) is 6. The Morgan fingerprint density at radius 3 is 1.12 bits per heavy atom. The fourth-order valence-corrected chi connectivity index (χ4v) is 14.4. The van der Waals surface area contributed by atoms with E-state index in [-0.39, 0.29) is 57.2 Å². The molecule has 32 heteroatoms. The number of aromatic amines is 6. The number of hydrogen-bond acceptors (Lipinski definition) is 23. The van der Waals surface area contributed by atoms with E-state index in [1.807, 2.05) is 164 Å². The van der Waals surface area contributed by atoms with E-state index in [0.717, 1.165) is 144 Å². The van der Waals surface area contributed by atoms with Gasteiger partial charge in [-0.2, -0.15) is 15.6 Å². The molecule has 114 heavy (non-hydrogen) atoms. The summed E-state index contributed by atoms with van der Waals surface area (Å²) in [6.45, 7) is 8.02. The molecule has 3 aliphatic rings. The van der Waals surface area contributed by atoms with E-state index in [1.54, 1.807) is 35.7 Å². The summed E-state index contributed by atoms with van der Waals surface area (Å²) in [5.74, 6) is 5.80. The lowest BCUT2D eigenvalue weighted by molar-refractivity contribution is 0.211. The minimum absolute atomic E-state index is 0.109. The number of tetrazole rings is 2. The van der Waals surface area contributed by atoms with Gasteiger partial charge in [0.1, 0.15) is 46.2 Å². The summed E-state index contributed by atoms with van der Waals surface area (Å²) < 4.78 is 33.2. The second-order valence-corrected chi connectivity index (χ2v) is 27.8. The van der Waals surface area contributed by atoms with Crippen LogP contribution in [0, 0.1) is 6.57 Å². The molecule has 6 N–H and O–H groups in total. The van der Waals surface area contributed by atoms with Gasteiger partial charge in [-0.3, -0.25) is 14.4 Å². The first kappa shape index (κ1) is 72.1. The Morgan fingerprint density at radius 1 is 0.395 bits per heavy atom. The molecule has 0 amide bonds. The normalized spacial score (nSPS) is 13.7. The third-order valence-electron chi connectivity index (χ3n) is 20.4. The van der Waals surface area contributed by atoms with Crippen LogP contribution in [0.15, 0.2) is 190 Å². The van der Waals surface area contributed by atoms with E-state index < -0.39 is 0 Å². The number of ether oxygens (including phenoxy) is 5. The molecular weight excluding hydrogens is 1450 g/mol. The van der Waals surface area contributed by atoms with Gasteiger partial charge in [0.15, 0.2) is 33.5 Å². The van der Waals surface area contributed by atoms with Crippen molar-refractivity contribution < 1.29 is 23.7 Å². The SMILES string of the molecule is COc1ccc(Cn2nnc3c(=O)[nH]c(-c4ccc(-c5ccc(-c6nn[nH]n6)cc5)cc4OC4CCCC4)nc32)cc1.O=c1[nH]c(-c2ccc(-c3ccc(-c4nn[nH]n4)cc3)cc2OC2CCCC2)nc2n[nH]nc12.[C-]#[N+]c1ccc(-c2ccc(-c3nc4c(nnn4Cc4ccc(OC)cc4)c(=O)[nH]3)c(OC3CCCC3)c2)cc1. The molecule has 0 unspecified atom stereocenters. The Kier molecular flexibility index (Phi) is 20.5. The van der Waals surface area contributed by atoms with Crippen molar-refractivity contribution in [3.63, 3.8) is 0 Å². The number of H-pyrrole nitrogens is 6. The predicted molar refractivity (Wildman–Crippen MR) is 422 cm³/mol. The topological polar surface area (TPSA) is 400 Å². The second-order valence-electron chi connectivity index (χ2n) is 27.8. The number of nitrogens with one attached hydrogen (secondary N) is 6. The van der Waals surface area contributed by atoms with Crippen LogP contribution in [0.1, 0.15) is 88.2 Å². The number of nitrogens with zero attached hydrogens (tertiary/aromatic N) is 18. The third-order valence-corrected chi connectivity index (χ3v) is 20.4. The Labute approximate surface area is 647 Å². The average molecular weight is 1520 g/mol. The Bertz CT molecular complexity index is 6300. The Morgan fingerprint density at radius 2 is 0.754 bits per heavy atom. The number of rotatable bonds is 20. The molecule has 8 heterocycles. The van der Waals surface area contributed by atoms with Gasteiger partial charge in [0.2, 0.25) is 17.3 Å². The summed E-state index contributed by atoms with van der Waals surface area (Å²) in [5.41, 5.74) is 12.8. The smallest absolute Gasteiger partial charge is 0.281 e. The highest BCUT2D eigenvalue weighted by Crippen LogP contribution is 2.40. The van der Waals surface area contributed by atoms with Crippen LogP contribution in [0.5, 0.6) is 28.7 Å². The molecular formula is C82H72N24O8. The molecule has 0 aliphatic heterocycles. The largest absolute Gasteiger partial charge is 0.497 e. The zero-order valence-corrected chi connectivity index (χ0v) is 61.7. The fourth-order valence-electron chi connectivity index (χ4n) is 14.4. The highest BCUT2D eigenvalue weighted by atomic mass is 16.5. The van der Waals surface area contributed by atoms with Gasteiger partial charge in [-0.1, -0.05) is 126 Å². The van der Waals surface area contributed by atoms with Gasteiger partial charge in [-0.05, 0) is 193 Å². The first-order valence-corrected chi connectivity index (χ1v) is 37.3. The van der Waals surface area contributed by atoms with Crippen LogP contribution < -0.4 is 40.4 Å². The predicted octanol–water partition coefficient (Wildman–Crippen LogP) is 13.1. The maximum atomic E-state index is 13.1. The van der Waals surface area contributed by atoms with Crippen molar-refractivity contribution in [3.8, 4) is 119 Å². The number of aromatic nitrogens is 23. The number of benzene rings is 8. The van der Waals surface area contributed by atoms with Crippen LogP contribution in [0.4, 0.5) is 5.69 Å². The molecule has 3 saturated carbocycles. The van der Waals surface area contributed by atoms with Crippen LogP contribution in [-0.4, -0.2) is 149 Å². The van der Waals surface area contributed by atoms with Crippen molar-refractivity contribution in [2.45, 2.75) is 108 Å². The zero-order chi connectivity index (χ0) is 77.4. The van der Waals surface area contributed by atoms with Gasteiger partial charge in [0.25, 0.3) is 16.7 Å². The highest BCUT2D eigenvalue weighted by Gasteiger charge is 2.26.